The van der Waals surface area contributed by atoms with Crippen LogP contribution in [0.5, 0.6) is 0 Å². The lowest BCUT2D eigenvalue weighted by atomic mass is 10.2. The van der Waals surface area contributed by atoms with Crippen molar-refractivity contribution in [2.45, 2.75) is 25.8 Å². The van der Waals surface area contributed by atoms with E-state index < -0.39 is 0 Å². The second-order valence-corrected chi connectivity index (χ2v) is 4.68. The van der Waals surface area contributed by atoms with E-state index >= 15 is 0 Å². The van der Waals surface area contributed by atoms with Gasteiger partial charge in [-0.1, -0.05) is 12.1 Å². The van der Waals surface area contributed by atoms with E-state index in [1.54, 1.807) is 0 Å². The Bertz CT molecular complexity index is 647. The van der Waals surface area contributed by atoms with Crippen molar-refractivity contribution in [2.24, 2.45) is 5.92 Å². The number of nitriles is 1. The summed E-state index contributed by atoms with van der Waals surface area (Å²) in [5.41, 5.74) is 1.79. The number of ketones is 1. The van der Waals surface area contributed by atoms with Crippen LogP contribution < -0.4 is 0 Å². The first-order valence-electron chi connectivity index (χ1n) is 6.13. The highest BCUT2D eigenvalue weighted by atomic mass is 16.1. The normalized spacial score (nSPS) is 14.6. The molecule has 1 heterocycles. The zero-order valence-electron chi connectivity index (χ0n) is 9.97. The first kappa shape index (κ1) is 11.0. The summed E-state index contributed by atoms with van der Waals surface area (Å²) in [6.45, 7) is 0.349. The molecule has 2 aromatic rings. The third-order valence-corrected chi connectivity index (χ3v) is 3.32. The molecule has 4 heteroatoms. The minimum atomic E-state index is 0.237. The van der Waals surface area contributed by atoms with Crippen molar-refractivity contribution in [1.29, 1.82) is 5.26 Å². The number of aromatic nitrogens is 2. The van der Waals surface area contributed by atoms with Gasteiger partial charge in [0.1, 0.15) is 5.82 Å². The van der Waals surface area contributed by atoms with Gasteiger partial charge in [-0.3, -0.25) is 4.79 Å². The Kier molecular flexibility index (Phi) is 2.60. The average molecular weight is 239 g/mol. The van der Waals surface area contributed by atoms with Crippen molar-refractivity contribution in [3.8, 4) is 6.07 Å². The largest absolute Gasteiger partial charge is 0.320 e. The molecule has 0 atom stereocenters. The summed E-state index contributed by atoms with van der Waals surface area (Å²) < 4.78 is 1.89. The van der Waals surface area contributed by atoms with Gasteiger partial charge in [0.15, 0.2) is 5.78 Å². The quantitative estimate of drug-likeness (QED) is 0.820. The first-order chi connectivity index (χ1) is 8.79. The highest BCUT2D eigenvalue weighted by Crippen LogP contribution is 2.31. The van der Waals surface area contributed by atoms with Gasteiger partial charge in [-0.25, -0.2) is 4.98 Å². The summed E-state index contributed by atoms with van der Waals surface area (Å²) >= 11 is 0. The molecule has 4 nitrogen and oxygen atoms in total. The van der Waals surface area contributed by atoms with E-state index in [1.165, 1.54) is 0 Å². The van der Waals surface area contributed by atoms with E-state index in [0.717, 1.165) is 23.9 Å². The van der Waals surface area contributed by atoms with Crippen LogP contribution in [0.25, 0.3) is 11.0 Å². The first-order valence-corrected chi connectivity index (χ1v) is 6.13. The number of para-hydroxylation sites is 2. The second-order valence-electron chi connectivity index (χ2n) is 4.68. The van der Waals surface area contributed by atoms with Crippen molar-refractivity contribution in [3.63, 3.8) is 0 Å². The highest BCUT2D eigenvalue weighted by Gasteiger charge is 2.30. The number of nitrogens with zero attached hydrogens (tertiary/aromatic N) is 3. The number of hydrogen-bond donors (Lipinski definition) is 0. The standard InChI is InChI=1S/C14H13N3O/c15-8-7-14-16-11-3-1-2-4-12(11)17(14)9-13(18)10-5-6-10/h1-4,10H,5-7,9H2. The molecule has 1 aromatic heterocycles. The fourth-order valence-electron chi connectivity index (χ4n) is 2.20. The van der Waals surface area contributed by atoms with Crippen LogP contribution >= 0.6 is 0 Å². The van der Waals surface area contributed by atoms with Gasteiger partial charge < -0.3 is 4.57 Å². The smallest absolute Gasteiger partial charge is 0.155 e. The van der Waals surface area contributed by atoms with E-state index in [0.29, 0.717) is 12.4 Å². The lowest BCUT2D eigenvalue weighted by Gasteiger charge is -2.05. The van der Waals surface area contributed by atoms with Crippen LogP contribution in [0, 0.1) is 17.2 Å². The van der Waals surface area contributed by atoms with Crippen LogP contribution in [0.2, 0.25) is 0 Å². The lowest BCUT2D eigenvalue weighted by molar-refractivity contribution is -0.120. The molecule has 0 unspecified atom stereocenters. The van der Waals surface area contributed by atoms with Gasteiger partial charge in [-0.2, -0.15) is 5.26 Å². The molecule has 0 aliphatic heterocycles. The van der Waals surface area contributed by atoms with Gasteiger partial charge in [0.2, 0.25) is 0 Å². The molecule has 3 rings (SSSR count). The van der Waals surface area contributed by atoms with Crippen molar-refractivity contribution >= 4 is 16.8 Å². The predicted molar refractivity (Wildman–Crippen MR) is 66.8 cm³/mol. The fraction of sp³-hybridized carbons (Fsp3) is 0.357. The molecule has 0 amide bonds. The van der Waals surface area contributed by atoms with Crippen molar-refractivity contribution in [2.75, 3.05) is 0 Å². The van der Waals surface area contributed by atoms with Gasteiger partial charge in [-0.15, -0.1) is 0 Å². The van der Waals surface area contributed by atoms with E-state index in [2.05, 4.69) is 11.1 Å². The third-order valence-electron chi connectivity index (χ3n) is 3.32. The van der Waals surface area contributed by atoms with Crippen LogP contribution in [0.1, 0.15) is 18.7 Å². The minimum absolute atomic E-state index is 0.237. The van der Waals surface area contributed by atoms with Crippen molar-refractivity contribution in [1.82, 2.24) is 9.55 Å². The Morgan fingerprint density at radius 1 is 1.44 bits per heavy atom. The molecule has 0 spiro atoms. The lowest BCUT2D eigenvalue weighted by Crippen LogP contribution is -2.14. The summed E-state index contributed by atoms with van der Waals surface area (Å²) in [6, 6.07) is 9.81. The minimum Gasteiger partial charge on any atom is -0.320 e. The zero-order valence-corrected chi connectivity index (χ0v) is 9.97. The molecular weight excluding hydrogens is 226 g/mol. The van der Waals surface area contributed by atoms with Crippen LogP contribution in [0.15, 0.2) is 24.3 Å². The monoisotopic (exact) mass is 239 g/mol. The second kappa shape index (κ2) is 4.26. The fourth-order valence-corrected chi connectivity index (χ4v) is 2.20. The topological polar surface area (TPSA) is 58.7 Å². The average Bonchev–Trinajstić information content (AvgIpc) is 3.16. The maximum Gasteiger partial charge on any atom is 0.155 e. The van der Waals surface area contributed by atoms with Crippen molar-refractivity contribution in [3.05, 3.63) is 30.1 Å². The molecule has 0 N–H and O–H groups in total. The molecule has 90 valence electrons. The van der Waals surface area contributed by atoms with Gasteiger partial charge in [0, 0.05) is 5.92 Å². The van der Waals surface area contributed by atoms with Gasteiger partial charge in [0.25, 0.3) is 0 Å². The van der Waals surface area contributed by atoms with E-state index in [-0.39, 0.29) is 18.1 Å². The molecule has 1 aliphatic rings. The summed E-state index contributed by atoms with van der Waals surface area (Å²) in [6.07, 6.45) is 2.27. The molecule has 1 aromatic carbocycles. The molecule has 0 bridgehead atoms. The van der Waals surface area contributed by atoms with E-state index in [9.17, 15) is 4.79 Å². The SMILES string of the molecule is N#CCc1nc2ccccc2n1CC(=O)C1CC1. The Labute approximate surface area is 105 Å². The summed E-state index contributed by atoms with van der Waals surface area (Å²) in [5, 5.41) is 8.84. The zero-order chi connectivity index (χ0) is 12.5. The number of carbonyl (C=O) groups is 1. The summed E-state index contributed by atoms with van der Waals surface area (Å²) in [4.78, 5) is 16.4. The number of imidazole rings is 1. The molecule has 1 fully saturated rings. The summed E-state index contributed by atoms with van der Waals surface area (Å²) in [5.74, 6) is 1.19. The van der Waals surface area contributed by atoms with Crippen LogP contribution in [0.4, 0.5) is 0 Å². The molecule has 0 saturated heterocycles. The Morgan fingerprint density at radius 3 is 2.94 bits per heavy atom. The van der Waals surface area contributed by atoms with Crippen LogP contribution in [0.3, 0.4) is 0 Å². The molecule has 0 radical (unpaired) electrons. The maximum atomic E-state index is 11.9. The van der Waals surface area contributed by atoms with Crippen molar-refractivity contribution < 1.29 is 4.79 Å². The number of Topliss-reactive ketones (excluding diaryl/α,β-unsaturated/α-hetero) is 1. The van der Waals surface area contributed by atoms with Crippen LogP contribution in [-0.2, 0) is 17.8 Å². The molecule has 1 aliphatic carbocycles. The molecule has 1 saturated carbocycles. The number of benzene rings is 1. The molecular formula is C14H13N3O. The Hall–Kier alpha value is -2.15. The van der Waals surface area contributed by atoms with E-state index in [1.807, 2.05) is 28.8 Å². The highest BCUT2D eigenvalue weighted by molar-refractivity contribution is 5.85. The Balaban J connectivity index is 2.03. The van der Waals surface area contributed by atoms with Crippen LogP contribution in [-0.4, -0.2) is 15.3 Å². The van der Waals surface area contributed by atoms with Gasteiger partial charge in [-0.05, 0) is 25.0 Å². The Morgan fingerprint density at radius 2 is 2.22 bits per heavy atom. The van der Waals surface area contributed by atoms with Gasteiger partial charge >= 0.3 is 0 Å². The van der Waals surface area contributed by atoms with Gasteiger partial charge in [0.05, 0.1) is 30.1 Å². The third kappa shape index (κ3) is 1.88. The van der Waals surface area contributed by atoms with E-state index in [4.69, 9.17) is 5.26 Å². The number of rotatable bonds is 4. The maximum absolute atomic E-state index is 11.9. The number of fused-ring (bicyclic) bond motifs is 1. The predicted octanol–water partition coefficient (Wildman–Crippen LogP) is 2.08. The number of hydrogen-bond acceptors (Lipinski definition) is 3. The number of carbonyl (C=O) groups excluding carboxylic acids is 1. The summed E-state index contributed by atoms with van der Waals surface area (Å²) in [7, 11) is 0. The molecule has 18 heavy (non-hydrogen) atoms.